The number of aryl methyl sites for hydroxylation is 1. The maximum absolute atomic E-state index is 13.0. The molecule has 150 valence electrons. The Hall–Kier alpha value is -2.04. The van der Waals surface area contributed by atoms with E-state index in [1.807, 2.05) is 56.3 Å². The van der Waals surface area contributed by atoms with Crippen LogP contribution in [0.3, 0.4) is 0 Å². The van der Waals surface area contributed by atoms with Crippen molar-refractivity contribution in [3.05, 3.63) is 69.7 Å². The molecule has 2 aromatic rings. The highest BCUT2D eigenvalue weighted by Crippen LogP contribution is 2.21. The summed E-state index contributed by atoms with van der Waals surface area (Å²) in [6.07, 6.45) is 0.767. The highest BCUT2D eigenvalue weighted by atomic mass is 35.5. The first-order valence-electron chi connectivity index (χ1n) is 9.36. The molecule has 0 aliphatic rings. The van der Waals surface area contributed by atoms with Gasteiger partial charge in [-0.3, -0.25) is 9.59 Å². The molecule has 0 unspecified atom stereocenters. The van der Waals surface area contributed by atoms with E-state index in [0.717, 1.165) is 11.1 Å². The Morgan fingerprint density at radius 2 is 1.46 bits per heavy atom. The van der Waals surface area contributed by atoms with Crippen LogP contribution in [0.15, 0.2) is 48.5 Å². The number of carbonyl (C=O) groups is 2. The quantitative estimate of drug-likeness (QED) is 0.661. The van der Waals surface area contributed by atoms with Crippen LogP contribution in [0.1, 0.15) is 38.3 Å². The second-order valence-electron chi connectivity index (χ2n) is 7.04. The third kappa shape index (κ3) is 6.25. The molecule has 2 amide bonds. The molecule has 1 N–H and O–H groups in total. The van der Waals surface area contributed by atoms with Crippen molar-refractivity contribution < 1.29 is 9.59 Å². The van der Waals surface area contributed by atoms with Crippen LogP contribution < -0.4 is 5.32 Å². The highest BCUT2D eigenvalue weighted by molar-refractivity contribution is 6.31. The van der Waals surface area contributed by atoms with Gasteiger partial charge in [-0.15, -0.1) is 0 Å². The summed E-state index contributed by atoms with van der Waals surface area (Å²) in [7, 11) is 0. The van der Waals surface area contributed by atoms with Gasteiger partial charge in [0.15, 0.2) is 0 Å². The van der Waals surface area contributed by atoms with Gasteiger partial charge in [-0.25, -0.2) is 0 Å². The van der Waals surface area contributed by atoms with E-state index in [9.17, 15) is 9.59 Å². The monoisotopic (exact) mass is 420 g/mol. The standard InChI is InChI=1S/C22H26Cl2N2O2/c1-15(2)25-22(28)16(3)26(14-18-9-5-7-11-20(18)24)21(27)13-12-17-8-4-6-10-19(17)23/h4-11,15-16H,12-14H2,1-3H3,(H,25,28)/t16-/m1/s1. The van der Waals surface area contributed by atoms with Crippen molar-refractivity contribution >= 4 is 35.0 Å². The second-order valence-corrected chi connectivity index (χ2v) is 7.86. The zero-order chi connectivity index (χ0) is 20.7. The van der Waals surface area contributed by atoms with E-state index in [2.05, 4.69) is 5.32 Å². The number of carbonyl (C=O) groups excluding carboxylic acids is 2. The molecule has 0 aliphatic carbocycles. The van der Waals surface area contributed by atoms with Crippen molar-refractivity contribution in [2.75, 3.05) is 0 Å². The Morgan fingerprint density at radius 3 is 2.00 bits per heavy atom. The highest BCUT2D eigenvalue weighted by Gasteiger charge is 2.26. The van der Waals surface area contributed by atoms with Crippen molar-refractivity contribution in [1.82, 2.24) is 10.2 Å². The smallest absolute Gasteiger partial charge is 0.242 e. The maximum atomic E-state index is 13.0. The van der Waals surface area contributed by atoms with Crippen LogP contribution in [0.2, 0.25) is 10.0 Å². The summed E-state index contributed by atoms with van der Waals surface area (Å²) in [6, 6.07) is 14.2. The summed E-state index contributed by atoms with van der Waals surface area (Å²) < 4.78 is 0. The lowest BCUT2D eigenvalue weighted by Crippen LogP contribution is -2.49. The molecular weight excluding hydrogens is 395 g/mol. The molecule has 28 heavy (non-hydrogen) atoms. The van der Waals surface area contributed by atoms with Crippen LogP contribution in [0.25, 0.3) is 0 Å². The van der Waals surface area contributed by atoms with Crippen molar-refractivity contribution in [2.45, 2.75) is 52.2 Å². The lowest BCUT2D eigenvalue weighted by molar-refractivity contribution is -0.140. The number of benzene rings is 2. The summed E-state index contributed by atoms with van der Waals surface area (Å²) in [5.41, 5.74) is 1.72. The van der Waals surface area contributed by atoms with Crippen molar-refractivity contribution in [3.8, 4) is 0 Å². The summed E-state index contributed by atoms with van der Waals surface area (Å²) in [4.78, 5) is 27.2. The zero-order valence-electron chi connectivity index (χ0n) is 16.4. The average molecular weight is 421 g/mol. The summed E-state index contributed by atoms with van der Waals surface area (Å²) in [5, 5.41) is 4.08. The van der Waals surface area contributed by atoms with Crippen LogP contribution in [0.4, 0.5) is 0 Å². The Kier molecular flexibility index (Phi) is 8.34. The molecule has 0 aromatic heterocycles. The molecule has 2 rings (SSSR count). The van der Waals surface area contributed by atoms with E-state index in [1.54, 1.807) is 17.9 Å². The number of rotatable bonds is 8. The van der Waals surface area contributed by atoms with Crippen molar-refractivity contribution in [1.29, 1.82) is 0 Å². The van der Waals surface area contributed by atoms with Gasteiger partial charge in [0, 0.05) is 29.1 Å². The fraction of sp³-hybridized carbons (Fsp3) is 0.364. The summed E-state index contributed by atoms with van der Waals surface area (Å²) >= 11 is 12.5. The Bertz CT molecular complexity index is 824. The fourth-order valence-corrected chi connectivity index (χ4v) is 3.31. The van der Waals surface area contributed by atoms with Gasteiger partial charge in [-0.1, -0.05) is 59.6 Å². The lowest BCUT2D eigenvalue weighted by Gasteiger charge is -2.29. The van der Waals surface area contributed by atoms with Gasteiger partial charge in [0.1, 0.15) is 6.04 Å². The summed E-state index contributed by atoms with van der Waals surface area (Å²) in [6.45, 7) is 5.79. The molecular formula is C22H26Cl2N2O2. The predicted molar refractivity (Wildman–Crippen MR) is 115 cm³/mol. The molecule has 0 saturated carbocycles. The fourth-order valence-electron chi connectivity index (χ4n) is 2.88. The summed E-state index contributed by atoms with van der Waals surface area (Å²) in [5.74, 6) is -0.306. The molecule has 0 saturated heterocycles. The van der Waals surface area contributed by atoms with Crippen molar-refractivity contribution in [3.63, 3.8) is 0 Å². The molecule has 0 spiro atoms. The van der Waals surface area contributed by atoms with Crippen LogP contribution >= 0.6 is 23.2 Å². The second kappa shape index (κ2) is 10.5. The molecule has 6 heteroatoms. The van der Waals surface area contributed by atoms with Gasteiger partial charge in [-0.05, 0) is 50.5 Å². The number of hydrogen-bond donors (Lipinski definition) is 1. The first-order chi connectivity index (χ1) is 13.3. The van der Waals surface area contributed by atoms with E-state index >= 15 is 0 Å². The van der Waals surface area contributed by atoms with Crippen LogP contribution in [0, 0.1) is 0 Å². The van der Waals surface area contributed by atoms with Crippen molar-refractivity contribution in [2.24, 2.45) is 0 Å². The molecule has 0 bridgehead atoms. The molecule has 0 radical (unpaired) electrons. The maximum Gasteiger partial charge on any atom is 0.242 e. The molecule has 0 aliphatic heterocycles. The normalized spacial score (nSPS) is 11.9. The van der Waals surface area contributed by atoms with E-state index in [1.165, 1.54) is 0 Å². The Morgan fingerprint density at radius 1 is 0.929 bits per heavy atom. The molecule has 0 fully saturated rings. The molecule has 0 heterocycles. The van der Waals surface area contributed by atoms with Gasteiger partial charge in [0.05, 0.1) is 0 Å². The number of nitrogens with one attached hydrogen (secondary N) is 1. The van der Waals surface area contributed by atoms with Crippen LogP contribution in [-0.4, -0.2) is 28.8 Å². The Labute approximate surface area is 176 Å². The predicted octanol–water partition coefficient (Wildman–Crippen LogP) is 4.87. The lowest BCUT2D eigenvalue weighted by atomic mass is 10.1. The first-order valence-corrected chi connectivity index (χ1v) is 10.1. The number of nitrogens with zero attached hydrogens (tertiary/aromatic N) is 1. The van der Waals surface area contributed by atoms with Crippen LogP contribution in [0.5, 0.6) is 0 Å². The van der Waals surface area contributed by atoms with Gasteiger partial charge < -0.3 is 10.2 Å². The molecule has 1 atom stereocenters. The van der Waals surface area contributed by atoms with E-state index < -0.39 is 6.04 Å². The number of halogens is 2. The minimum atomic E-state index is -0.614. The van der Waals surface area contributed by atoms with Gasteiger partial charge in [0.25, 0.3) is 0 Å². The minimum absolute atomic E-state index is 0.00431. The number of hydrogen-bond acceptors (Lipinski definition) is 2. The molecule has 4 nitrogen and oxygen atoms in total. The third-order valence-electron chi connectivity index (χ3n) is 4.46. The first kappa shape index (κ1) is 22.3. The van der Waals surface area contributed by atoms with Gasteiger partial charge in [-0.2, -0.15) is 0 Å². The SMILES string of the molecule is CC(C)NC(=O)[C@@H](C)N(Cc1ccccc1Cl)C(=O)CCc1ccccc1Cl. The minimum Gasteiger partial charge on any atom is -0.352 e. The van der Waals surface area contributed by atoms with Gasteiger partial charge >= 0.3 is 0 Å². The van der Waals surface area contributed by atoms with Crippen LogP contribution in [-0.2, 0) is 22.6 Å². The average Bonchev–Trinajstić information content (AvgIpc) is 2.65. The van der Waals surface area contributed by atoms with E-state index in [4.69, 9.17) is 23.2 Å². The zero-order valence-corrected chi connectivity index (χ0v) is 17.9. The largest absolute Gasteiger partial charge is 0.352 e. The number of amides is 2. The van der Waals surface area contributed by atoms with E-state index in [0.29, 0.717) is 16.5 Å². The van der Waals surface area contributed by atoms with E-state index in [-0.39, 0.29) is 30.8 Å². The Balaban J connectivity index is 2.18. The van der Waals surface area contributed by atoms with Gasteiger partial charge in [0.2, 0.25) is 11.8 Å². The third-order valence-corrected chi connectivity index (χ3v) is 5.20. The molecule has 2 aromatic carbocycles. The topological polar surface area (TPSA) is 49.4 Å².